The van der Waals surface area contributed by atoms with E-state index >= 15 is 0 Å². The molecule has 1 aliphatic rings. The Labute approximate surface area is 188 Å². The molecule has 4 rings (SSSR count). The van der Waals surface area contributed by atoms with Crippen molar-refractivity contribution in [2.75, 3.05) is 0 Å². The lowest BCUT2D eigenvalue weighted by Gasteiger charge is -2.15. The molecule has 168 valence electrons. The minimum absolute atomic E-state index is 0.00681. The van der Waals surface area contributed by atoms with Gasteiger partial charge in [-0.15, -0.1) is 0 Å². The van der Waals surface area contributed by atoms with Crippen LogP contribution < -0.4 is 0 Å². The number of benzene rings is 3. The van der Waals surface area contributed by atoms with Crippen molar-refractivity contribution in [2.45, 2.75) is 12.5 Å². The van der Waals surface area contributed by atoms with E-state index in [-0.39, 0.29) is 35.2 Å². The van der Waals surface area contributed by atoms with Crippen LogP contribution >= 0.6 is 0 Å². The number of phenols is 5. The minimum atomic E-state index is -1.27. The molecule has 1 atom stereocenters. The Hall–Kier alpha value is -4.59. The van der Waals surface area contributed by atoms with E-state index in [2.05, 4.69) is 0 Å². The number of aliphatic carboxylic acids is 1. The second-order valence-electron chi connectivity index (χ2n) is 7.52. The van der Waals surface area contributed by atoms with Crippen molar-refractivity contribution in [2.24, 2.45) is 0 Å². The first kappa shape index (κ1) is 21.6. The molecule has 0 amide bonds. The maximum atomic E-state index is 11.8. The van der Waals surface area contributed by atoms with Crippen LogP contribution in [0, 0.1) is 0 Å². The molecular formula is C25H20O8. The van der Waals surface area contributed by atoms with Gasteiger partial charge in [-0.25, -0.2) is 4.79 Å². The Morgan fingerprint density at radius 3 is 2.36 bits per heavy atom. The lowest BCUT2D eigenvalue weighted by molar-refractivity contribution is -0.146. The Morgan fingerprint density at radius 1 is 0.909 bits per heavy atom. The van der Waals surface area contributed by atoms with Gasteiger partial charge >= 0.3 is 5.97 Å². The number of hydrogen-bond donors (Lipinski definition) is 6. The zero-order valence-corrected chi connectivity index (χ0v) is 17.1. The van der Waals surface area contributed by atoms with Gasteiger partial charge in [-0.3, -0.25) is 0 Å². The summed E-state index contributed by atoms with van der Waals surface area (Å²) in [5.74, 6) is -2.56. The molecule has 33 heavy (non-hydrogen) atoms. The molecule has 0 fully saturated rings. The van der Waals surface area contributed by atoms with Crippen LogP contribution in [0.1, 0.15) is 22.3 Å². The summed E-state index contributed by atoms with van der Waals surface area (Å²) in [4.78, 5) is 11.8. The number of fused-ring (bicyclic) bond motifs is 1. The first-order valence-corrected chi connectivity index (χ1v) is 9.90. The summed E-state index contributed by atoms with van der Waals surface area (Å²) in [6.45, 7) is 0. The van der Waals surface area contributed by atoms with Gasteiger partial charge < -0.3 is 35.4 Å². The van der Waals surface area contributed by atoms with Crippen molar-refractivity contribution in [3.05, 3.63) is 83.1 Å². The van der Waals surface area contributed by atoms with Crippen molar-refractivity contribution >= 4 is 23.2 Å². The quantitative estimate of drug-likeness (QED) is 0.246. The zero-order chi connectivity index (χ0) is 23.7. The predicted molar refractivity (Wildman–Crippen MR) is 120 cm³/mol. The van der Waals surface area contributed by atoms with Crippen molar-refractivity contribution in [3.63, 3.8) is 0 Å². The van der Waals surface area contributed by atoms with E-state index in [9.17, 15) is 35.4 Å². The van der Waals surface area contributed by atoms with E-state index in [4.69, 9.17) is 4.74 Å². The summed E-state index contributed by atoms with van der Waals surface area (Å²) in [5, 5.41) is 59.0. The molecule has 8 heteroatoms. The van der Waals surface area contributed by atoms with Gasteiger partial charge in [0.05, 0.1) is 6.26 Å². The van der Waals surface area contributed by atoms with Crippen LogP contribution in [0.4, 0.5) is 0 Å². The van der Waals surface area contributed by atoms with Gasteiger partial charge in [-0.2, -0.15) is 0 Å². The molecule has 0 radical (unpaired) electrons. The second kappa shape index (κ2) is 8.51. The molecule has 0 saturated heterocycles. The molecule has 1 aliphatic carbocycles. The van der Waals surface area contributed by atoms with Gasteiger partial charge in [-0.05, 0) is 64.7 Å². The number of phenolic OH excluding ortho intramolecular Hbond substituents is 5. The molecule has 1 unspecified atom stereocenters. The van der Waals surface area contributed by atoms with E-state index in [0.29, 0.717) is 33.4 Å². The van der Waals surface area contributed by atoms with Gasteiger partial charge in [0.2, 0.25) is 0 Å². The second-order valence-corrected chi connectivity index (χ2v) is 7.52. The maximum absolute atomic E-state index is 11.8. The molecule has 3 aromatic rings. The lowest BCUT2D eigenvalue weighted by Crippen LogP contribution is -2.24. The Bertz CT molecular complexity index is 1310. The third kappa shape index (κ3) is 4.27. The summed E-state index contributed by atoms with van der Waals surface area (Å²) in [7, 11) is 0. The molecule has 0 spiro atoms. The molecule has 3 aromatic carbocycles. The predicted octanol–water partition coefficient (Wildman–Crippen LogP) is 3.82. The first-order chi connectivity index (χ1) is 15.7. The van der Waals surface area contributed by atoms with E-state index < -0.39 is 12.1 Å². The van der Waals surface area contributed by atoms with E-state index in [0.717, 1.165) is 0 Å². The van der Waals surface area contributed by atoms with Gasteiger partial charge in [-0.1, -0.05) is 18.2 Å². The summed E-state index contributed by atoms with van der Waals surface area (Å²) < 4.78 is 5.62. The average Bonchev–Trinajstić information content (AvgIpc) is 3.14. The molecular weight excluding hydrogens is 428 g/mol. The van der Waals surface area contributed by atoms with Crippen LogP contribution in [0.25, 0.3) is 17.2 Å². The van der Waals surface area contributed by atoms with Crippen molar-refractivity contribution in [1.82, 2.24) is 0 Å². The minimum Gasteiger partial charge on any atom is -0.508 e. The van der Waals surface area contributed by atoms with Crippen LogP contribution in [0.15, 0.2) is 60.9 Å². The van der Waals surface area contributed by atoms with Crippen molar-refractivity contribution < 1.29 is 40.2 Å². The Kier molecular flexibility index (Phi) is 5.58. The number of ether oxygens (including phenoxy) is 1. The average molecular weight is 448 g/mol. The fourth-order valence-electron chi connectivity index (χ4n) is 3.64. The number of carbonyl (C=O) groups is 1. The number of aromatic hydroxyl groups is 5. The van der Waals surface area contributed by atoms with Crippen molar-refractivity contribution in [3.8, 4) is 28.7 Å². The standard InChI is InChI=1S/C25H20O8/c26-15-3-1-2-13(8-15)9-23(25(31)32)33-12-19-16-5-7-21(28)24(30)18(16)11-17(19)14-4-6-20(27)22(29)10-14/h1-8,10-12,23,26-30H,9H2,(H,31,32)/b19-12-. The van der Waals surface area contributed by atoms with Gasteiger partial charge in [0.15, 0.2) is 29.1 Å². The van der Waals surface area contributed by atoms with Crippen LogP contribution in [0.2, 0.25) is 0 Å². The number of hydrogen-bond acceptors (Lipinski definition) is 7. The monoisotopic (exact) mass is 448 g/mol. The highest BCUT2D eigenvalue weighted by atomic mass is 16.5. The Morgan fingerprint density at radius 2 is 1.67 bits per heavy atom. The van der Waals surface area contributed by atoms with Crippen LogP contribution in [-0.4, -0.2) is 42.7 Å². The smallest absolute Gasteiger partial charge is 0.345 e. The number of rotatable bonds is 6. The van der Waals surface area contributed by atoms with Crippen LogP contribution in [-0.2, 0) is 16.0 Å². The summed E-state index contributed by atoms with van der Waals surface area (Å²) in [6, 6.07) is 13.2. The van der Waals surface area contributed by atoms with Crippen LogP contribution in [0.3, 0.4) is 0 Å². The summed E-state index contributed by atoms with van der Waals surface area (Å²) >= 11 is 0. The number of carboxylic acid groups (broad SMARTS) is 1. The van der Waals surface area contributed by atoms with Crippen molar-refractivity contribution in [1.29, 1.82) is 0 Å². The largest absolute Gasteiger partial charge is 0.508 e. The van der Waals surface area contributed by atoms with Gasteiger partial charge in [0.1, 0.15) is 5.75 Å². The summed E-state index contributed by atoms with van der Waals surface area (Å²) in [6.07, 6.45) is 1.53. The summed E-state index contributed by atoms with van der Waals surface area (Å²) in [5.41, 5.74) is 2.70. The topological polar surface area (TPSA) is 148 Å². The third-order valence-corrected chi connectivity index (χ3v) is 5.31. The molecule has 0 aliphatic heterocycles. The highest BCUT2D eigenvalue weighted by Crippen LogP contribution is 2.48. The fraction of sp³-hybridized carbons (Fsp3) is 0.0800. The maximum Gasteiger partial charge on any atom is 0.345 e. The molecule has 0 aromatic heterocycles. The van der Waals surface area contributed by atoms with Crippen LogP contribution in [0.5, 0.6) is 28.7 Å². The highest BCUT2D eigenvalue weighted by Gasteiger charge is 2.27. The first-order valence-electron chi connectivity index (χ1n) is 9.90. The Balaban J connectivity index is 1.73. The molecule has 6 N–H and O–H groups in total. The molecule has 0 bridgehead atoms. The lowest BCUT2D eigenvalue weighted by atomic mass is 9.98. The molecule has 8 nitrogen and oxygen atoms in total. The highest BCUT2D eigenvalue weighted by molar-refractivity contribution is 6.18. The normalized spacial score (nSPS) is 14.5. The molecule has 0 heterocycles. The fourth-order valence-corrected chi connectivity index (χ4v) is 3.64. The SMILES string of the molecule is O=C(O)C(Cc1cccc(O)c1)O/C=C1\C(c2ccc(O)c(O)c2)=Cc2c1ccc(O)c2O. The number of allylic oxidation sites excluding steroid dienone is 2. The number of carboxylic acids is 1. The van der Waals surface area contributed by atoms with Gasteiger partial charge in [0.25, 0.3) is 0 Å². The van der Waals surface area contributed by atoms with Gasteiger partial charge in [0, 0.05) is 17.6 Å². The third-order valence-electron chi connectivity index (χ3n) is 5.31. The zero-order valence-electron chi connectivity index (χ0n) is 17.1. The van der Waals surface area contributed by atoms with E-state index in [1.54, 1.807) is 30.3 Å². The molecule has 0 saturated carbocycles. The van der Waals surface area contributed by atoms with E-state index in [1.807, 2.05) is 0 Å². The van der Waals surface area contributed by atoms with E-state index in [1.165, 1.54) is 36.6 Å².